The molecule has 0 radical (unpaired) electrons. The van der Waals surface area contributed by atoms with Gasteiger partial charge < -0.3 is 4.57 Å². The number of hydrogen-bond acceptors (Lipinski definition) is 3. The largest absolute Gasteiger partial charge is 0.352 e. The monoisotopic (exact) mass is 346 g/mol. The first-order valence-corrected chi connectivity index (χ1v) is 9.43. The number of thiophene rings is 1. The third-order valence-corrected chi connectivity index (χ3v) is 6.70. The highest BCUT2D eigenvalue weighted by molar-refractivity contribution is 7.89. The zero-order valence-corrected chi connectivity index (χ0v) is 14.7. The molecule has 0 aliphatic carbocycles. The topological polar surface area (TPSA) is 42.3 Å². The molecule has 0 aliphatic heterocycles. The van der Waals surface area contributed by atoms with Crippen LogP contribution in [0.5, 0.6) is 0 Å². The summed E-state index contributed by atoms with van der Waals surface area (Å²) in [7, 11) is -0.0713. The van der Waals surface area contributed by atoms with Crippen LogP contribution in [0.2, 0.25) is 0 Å². The van der Waals surface area contributed by atoms with Crippen LogP contribution in [0.4, 0.5) is 0 Å². The second-order valence-corrected chi connectivity index (χ2v) is 8.36. The second kappa shape index (κ2) is 6.52. The van der Waals surface area contributed by atoms with Gasteiger partial charge in [0.05, 0.1) is 5.88 Å². The molecule has 7 heteroatoms. The number of nitrogens with zero attached hydrogens (tertiary/aromatic N) is 2. The van der Waals surface area contributed by atoms with Crippen molar-refractivity contribution in [3.63, 3.8) is 0 Å². The van der Waals surface area contributed by atoms with E-state index in [1.807, 2.05) is 24.4 Å². The molecule has 4 nitrogen and oxygen atoms in total. The molecule has 0 saturated heterocycles. The first kappa shape index (κ1) is 16.5. The summed E-state index contributed by atoms with van der Waals surface area (Å²) in [6, 6.07) is 5.53. The molecule has 0 aliphatic rings. The van der Waals surface area contributed by atoms with E-state index in [-0.39, 0.29) is 6.04 Å². The van der Waals surface area contributed by atoms with E-state index in [1.54, 1.807) is 42.3 Å². The third-order valence-electron chi connectivity index (χ3n) is 3.59. The van der Waals surface area contributed by atoms with E-state index in [4.69, 9.17) is 11.6 Å². The highest BCUT2D eigenvalue weighted by atomic mass is 35.5. The molecule has 0 spiro atoms. The maximum absolute atomic E-state index is 12.7. The van der Waals surface area contributed by atoms with Gasteiger partial charge in [-0.15, -0.1) is 22.9 Å². The summed E-state index contributed by atoms with van der Waals surface area (Å²) < 4.78 is 28.5. The standard InChI is InChI=1S/C14H19ClN2O2S2/c1-11(7-13-5-4-6-20-13)17(3)21(18,19)14-8-12(9-15)16(2)10-14/h4-6,8,10-11H,7,9H2,1-3H3. The molecule has 2 aromatic rings. The lowest BCUT2D eigenvalue weighted by Crippen LogP contribution is -2.36. The van der Waals surface area contributed by atoms with Crippen LogP contribution < -0.4 is 0 Å². The van der Waals surface area contributed by atoms with E-state index in [0.29, 0.717) is 17.2 Å². The van der Waals surface area contributed by atoms with Gasteiger partial charge >= 0.3 is 0 Å². The van der Waals surface area contributed by atoms with Crippen LogP contribution in [0.15, 0.2) is 34.7 Å². The van der Waals surface area contributed by atoms with Gasteiger partial charge in [-0.3, -0.25) is 0 Å². The van der Waals surface area contributed by atoms with Crippen molar-refractivity contribution in [2.45, 2.75) is 30.2 Å². The van der Waals surface area contributed by atoms with Crippen LogP contribution in [0.1, 0.15) is 17.5 Å². The predicted octanol–water partition coefficient (Wildman–Crippen LogP) is 3.08. The highest BCUT2D eigenvalue weighted by Gasteiger charge is 2.27. The van der Waals surface area contributed by atoms with Gasteiger partial charge in [-0.25, -0.2) is 8.42 Å². The van der Waals surface area contributed by atoms with Crippen LogP contribution in [-0.2, 0) is 29.4 Å². The van der Waals surface area contributed by atoms with Crippen LogP contribution in [0.25, 0.3) is 0 Å². The summed E-state index contributed by atoms with van der Waals surface area (Å²) in [6.07, 6.45) is 2.32. The summed E-state index contributed by atoms with van der Waals surface area (Å²) >= 11 is 7.45. The minimum Gasteiger partial charge on any atom is -0.352 e. The van der Waals surface area contributed by atoms with Crippen molar-refractivity contribution in [2.24, 2.45) is 7.05 Å². The zero-order valence-electron chi connectivity index (χ0n) is 12.3. The first-order chi connectivity index (χ1) is 9.86. The average Bonchev–Trinajstić information content (AvgIpc) is 3.07. The Bertz CT molecular complexity index is 693. The number of hydrogen-bond donors (Lipinski definition) is 0. The fourth-order valence-corrected chi connectivity index (χ4v) is 4.65. The Morgan fingerprint density at radius 3 is 2.71 bits per heavy atom. The minimum absolute atomic E-state index is 0.103. The first-order valence-electron chi connectivity index (χ1n) is 6.58. The Morgan fingerprint density at radius 2 is 2.19 bits per heavy atom. The molecular weight excluding hydrogens is 328 g/mol. The van der Waals surface area contributed by atoms with E-state index >= 15 is 0 Å². The number of aromatic nitrogens is 1. The lowest BCUT2D eigenvalue weighted by Gasteiger charge is -2.23. The van der Waals surface area contributed by atoms with E-state index in [2.05, 4.69) is 0 Å². The van der Waals surface area contributed by atoms with Crippen molar-refractivity contribution in [3.8, 4) is 0 Å². The molecular formula is C14H19ClN2O2S2. The smallest absolute Gasteiger partial charge is 0.244 e. The highest BCUT2D eigenvalue weighted by Crippen LogP contribution is 2.22. The van der Waals surface area contributed by atoms with Crippen molar-refractivity contribution in [1.29, 1.82) is 0 Å². The summed E-state index contributed by atoms with van der Waals surface area (Å²) in [5.41, 5.74) is 0.787. The van der Waals surface area contributed by atoms with Gasteiger partial charge in [-0.1, -0.05) is 6.07 Å². The Kier molecular flexibility index (Phi) is 5.14. The summed E-state index contributed by atoms with van der Waals surface area (Å²) in [5, 5.41) is 2.00. The molecule has 2 aromatic heterocycles. The maximum Gasteiger partial charge on any atom is 0.244 e. The lowest BCUT2D eigenvalue weighted by atomic mass is 10.2. The molecule has 0 bridgehead atoms. The lowest BCUT2D eigenvalue weighted by molar-refractivity contribution is 0.388. The van der Waals surface area contributed by atoms with Crippen molar-refractivity contribution < 1.29 is 8.42 Å². The Labute approximate surface area is 135 Å². The number of likely N-dealkylation sites (N-methyl/N-ethyl adjacent to an activating group) is 1. The fraction of sp³-hybridized carbons (Fsp3) is 0.429. The molecule has 1 unspecified atom stereocenters. The van der Waals surface area contributed by atoms with Gasteiger partial charge in [0.25, 0.3) is 0 Å². The number of aryl methyl sites for hydroxylation is 1. The maximum atomic E-state index is 12.7. The van der Waals surface area contributed by atoms with Gasteiger partial charge in [0.15, 0.2) is 0 Å². The fourth-order valence-electron chi connectivity index (χ4n) is 2.10. The molecule has 0 N–H and O–H groups in total. The molecule has 116 valence electrons. The van der Waals surface area contributed by atoms with E-state index in [1.165, 1.54) is 9.18 Å². The van der Waals surface area contributed by atoms with Crippen LogP contribution in [-0.4, -0.2) is 30.4 Å². The predicted molar refractivity (Wildman–Crippen MR) is 87.4 cm³/mol. The number of rotatable bonds is 6. The molecule has 21 heavy (non-hydrogen) atoms. The van der Waals surface area contributed by atoms with E-state index < -0.39 is 10.0 Å². The zero-order chi connectivity index (χ0) is 15.6. The number of sulfonamides is 1. The summed E-state index contributed by atoms with van der Waals surface area (Å²) in [4.78, 5) is 1.47. The van der Waals surface area contributed by atoms with Crippen LogP contribution in [0, 0.1) is 0 Å². The van der Waals surface area contributed by atoms with Crippen LogP contribution in [0.3, 0.4) is 0 Å². The van der Waals surface area contributed by atoms with Gasteiger partial charge in [-0.05, 0) is 30.9 Å². The van der Waals surface area contributed by atoms with Gasteiger partial charge in [0.1, 0.15) is 4.90 Å². The van der Waals surface area contributed by atoms with Crippen molar-refractivity contribution in [1.82, 2.24) is 8.87 Å². The van der Waals surface area contributed by atoms with Crippen LogP contribution >= 0.6 is 22.9 Å². The summed E-state index contributed by atoms with van der Waals surface area (Å²) in [5.74, 6) is 0.292. The molecule has 0 aromatic carbocycles. The minimum atomic E-state index is -3.49. The molecule has 1 atom stereocenters. The van der Waals surface area contributed by atoms with Crippen molar-refractivity contribution in [3.05, 3.63) is 40.3 Å². The SMILES string of the molecule is CC(Cc1cccs1)N(C)S(=O)(=O)c1cc(CCl)n(C)c1. The normalized spacial score (nSPS) is 13.8. The average molecular weight is 347 g/mol. The summed E-state index contributed by atoms with van der Waals surface area (Å²) in [6.45, 7) is 1.92. The van der Waals surface area contributed by atoms with Gasteiger partial charge in [-0.2, -0.15) is 4.31 Å². The molecule has 2 heterocycles. The van der Waals surface area contributed by atoms with E-state index in [9.17, 15) is 8.42 Å². The van der Waals surface area contributed by atoms with Gasteiger partial charge in [0.2, 0.25) is 10.0 Å². The quantitative estimate of drug-likeness (QED) is 0.754. The van der Waals surface area contributed by atoms with Crippen molar-refractivity contribution in [2.75, 3.05) is 7.05 Å². The molecule has 2 rings (SSSR count). The Balaban J connectivity index is 2.21. The van der Waals surface area contributed by atoms with E-state index in [0.717, 1.165) is 5.69 Å². The Morgan fingerprint density at radius 1 is 1.48 bits per heavy atom. The molecule has 0 amide bonds. The number of alkyl halides is 1. The number of halogens is 1. The van der Waals surface area contributed by atoms with Crippen molar-refractivity contribution >= 4 is 33.0 Å². The molecule has 0 fully saturated rings. The van der Waals surface area contributed by atoms with Gasteiger partial charge in [0, 0.05) is 36.9 Å². The Hall–Kier alpha value is -0.820. The second-order valence-electron chi connectivity index (χ2n) is 5.07. The molecule has 0 saturated carbocycles. The third kappa shape index (κ3) is 3.51.